The van der Waals surface area contributed by atoms with Gasteiger partial charge in [0.05, 0.1) is 12.6 Å². The first-order valence-corrected chi connectivity index (χ1v) is 6.85. The van der Waals surface area contributed by atoms with Crippen LogP contribution in [0.1, 0.15) is 12.8 Å². The molecule has 5 atom stereocenters. The van der Waals surface area contributed by atoms with Gasteiger partial charge < -0.3 is 42.7 Å². The molecule has 0 amide bonds. The summed E-state index contributed by atoms with van der Waals surface area (Å²) in [6.07, 6.45) is -7.95. The minimum Gasteiger partial charge on any atom is -0.394 e. The number of ketones is 2. The Kier molecular flexibility index (Phi) is 9.48. The zero-order valence-corrected chi connectivity index (χ0v) is 12.4. The number of hydrogen-bond acceptors (Lipinski definition) is 9. The van der Waals surface area contributed by atoms with Crippen LogP contribution < -0.4 is 17.2 Å². The summed E-state index contributed by atoms with van der Waals surface area (Å²) in [6.45, 7) is -0.711. The van der Waals surface area contributed by atoms with Gasteiger partial charge in [0, 0.05) is 6.54 Å². The molecule has 23 heavy (non-hydrogen) atoms. The quantitative estimate of drug-likeness (QED) is 0.0774. The number of carbonyl (C=O) groups excluding carboxylic acids is 2. The summed E-state index contributed by atoms with van der Waals surface area (Å²) in [5.41, 5.74) is 15.7. The van der Waals surface area contributed by atoms with Crippen molar-refractivity contribution in [3.63, 3.8) is 0 Å². The first-order chi connectivity index (χ1) is 10.6. The molecular weight excluding hydrogens is 312 g/mol. The average molecular weight is 336 g/mol. The summed E-state index contributed by atoms with van der Waals surface area (Å²) in [7, 11) is 0. The lowest BCUT2D eigenvalue weighted by atomic mass is 9.95. The van der Waals surface area contributed by atoms with E-state index in [4.69, 9.17) is 27.4 Å². The van der Waals surface area contributed by atoms with E-state index in [1.54, 1.807) is 0 Å². The summed E-state index contributed by atoms with van der Waals surface area (Å²) in [5, 5.41) is 46.2. The van der Waals surface area contributed by atoms with Crippen LogP contribution in [-0.2, 0) is 9.59 Å². The smallest absolute Gasteiger partial charge is 0.200 e. The van der Waals surface area contributed by atoms with Gasteiger partial charge in [-0.25, -0.2) is 0 Å². The fourth-order valence-corrected chi connectivity index (χ4v) is 1.65. The van der Waals surface area contributed by atoms with Crippen molar-refractivity contribution in [2.24, 2.45) is 22.2 Å². The molecule has 0 heterocycles. The van der Waals surface area contributed by atoms with Gasteiger partial charge >= 0.3 is 0 Å². The minimum absolute atomic E-state index is 0.0812. The van der Waals surface area contributed by atoms with Crippen molar-refractivity contribution in [3.05, 3.63) is 0 Å². The number of Topliss-reactive ketones (excluding diaryl/α,β-unsaturated/α-hetero) is 2. The molecule has 0 bridgehead atoms. The molecule has 0 rings (SSSR count). The molecular formula is C12H24N4O7. The van der Waals surface area contributed by atoms with Crippen LogP contribution in [-0.4, -0.2) is 86.7 Å². The molecule has 134 valence electrons. The fourth-order valence-electron chi connectivity index (χ4n) is 1.65. The lowest BCUT2D eigenvalue weighted by Gasteiger charge is -2.23. The molecule has 0 fully saturated rings. The normalized spacial score (nSPS) is 17.7. The van der Waals surface area contributed by atoms with Gasteiger partial charge in [-0.2, -0.15) is 0 Å². The maximum atomic E-state index is 11.8. The highest BCUT2D eigenvalue weighted by Gasteiger charge is 2.37. The van der Waals surface area contributed by atoms with Crippen molar-refractivity contribution in [2.45, 2.75) is 43.3 Å². The maximum absolute atomic E-state index is 11.8. The third-order valence-corrected chi connectivity index (χ3v) is 3.07. The molecule has 0 saturated heterocycles. The van der Waals surface area contributed by atoms with Gasteiger partial charge in [-0.3, -0.25) is 14.6 Å². The van der Waals surface area contributed by atoms with E-state index in [2.05, 4.69) is 4.99 Å². The van der Waals surface area contributed by atoms with Gasteiger partial charge in [0.1, 0.15) is 18.3 Å². The standard InChI is InChI=1S/C12H24N4O7/c13-5(2-1-3-16-12(14)15)7(19)9(21)11(23)10(22)8(20)6(18)4-17/h5-6,8-10,17-18,20-22H,1-4,13H2,(H4,14,15,16)/t5-,6+,8+,9?,10-/m0/s1. The van der Waals surface area contributed by atoms with Crippen molar-refractivity contribution in [3.8, 4) is 0 Å². The van der Waals surface area contributed by atoms with Gasteiger partial charge in [-0.1, -0.05) is 0 Å². The molecule has 11 N–H and O–H groups in total. The van der Waals surface area contributed by atoms with E-state index in [1.165, 1.54) is 0 Å². The Morgan fingerprint density at radius 3 is 2.09 bits per heavy atom. The van der Waals surface area contributed by atoms with Crippen molar-refractivity contribution in [1.82, 2.24) is 0 Å². The SMILES string of the molecule is NC(N)=NCCC[C@H](N)C(=O)C(O)C(=O)[C@@H](O)[C@H](O)[C@H](O)CO. The van der Waals surface area contributed by atoms with E-state index in [0.29, 0.717) is 6.42 Å². The molecule has 0 aromatic heterocycles. The Labute approximate surface area is 132 Å². The number of nitrogens with two attached hydrogens (primary N) is 3. The number of nitrogens with zero attached hydrogens (tertiary/aromatic N) is 1. The van der Waals surface area contributed by atoms with Crippen LogP contribution >= 0.6 is 0 Å². The Hall–Kier alpha value is -1.63. The molecule has 0 radical (unpaired) electrons. The Balaban J connectivity index is 4.56. The molecule has 0 spiro atoms. The number of rotatable bonds is 11. The maximum Gasteiger partial charge on any atom is 0.200 e. The van der Waals surface area contributed by atoms with Crippen LogP contribution in [0.25, 0.3) is 0 Å². The van der Waals surface area contributed by atoms with E-state index < -0.39 is 48.6 Å². The van der Waals surface area contributed by atoms with Gasteiger partial charge in [0.25, 0.3) is 0 Å². The van der Waals surface area contributed by atoms with Crippen LogP contribution in [0.2, 0.25) is 0 Å². The number of aliphatic hydroxyl groups excluding tert-OH is 5. The van der Waals surface area contributed by atoms with E-state index in [0.717, 1.165) is 0 Å². The molecule has 11 heteroatoms. The van der Waals surface area contributed by atoms with Crippen LogP contribution in [0.3, 0.4) is 0 Å². The number of carbonyl (C=O) groups is 2. The van der Waals surface area contributed by atoms with Crippen molar-refractivity contribution < 1.29 is 35.1 Å². The second-order valence-corrected chi connectivity index (χ2v) is 4.95. The van der Waals surface area contributed by atoms with E-state index >= 15 is 0 Å². The second-order valence-electron chi connectivity index (χ2n) is 4.95. The minimum atomic E-state index is -2.26. The van der Waals surface area contributed by atoms with Gasteiger partial charge in [0.2, 0.25) is 0 Å². The fraction of sp³-hybridized carbons (Fsp3) is 0.750. The summed E-state index contributed by atoms with van der Waals surface area (Å²) in [5.74, 6) is -2.60. The number of hydrogen-bond donors (Lipinski definition) is 8. The zero-order valence-electron chi connectivity index (χ0n) is 12.4. The topological polar surface area (TPSA) is 226 Å². The monoisotopic (exact) mass is 336 g/mol. The first-order valence-electron chi connectivity index (χ1n) is 6.85. The summed E-state index contributed by atoms with van der Waals surface area (Å²) >= 11 is 0. The van der Waals surface area contributed by atoms with Crippen LogP contribution in [0.4, 0.5) is 0 Å². The van der Waals surface area contributed by atoms with Crippen LogP contribution in [0, 0.1) is 0 Å². The molecule has 0 aromatic carbocycles. The molecule has 0 aliphatic carbocycles. The predicted molar refractivity (Wildman–Crippen MR) is 79.0 cm³/mol. The largest absolute Gasteiger partial charge is 0.394 e. The Morgan fingerprint density at radius 2 is 1.61 bits per heavy atom. The summed E-state index contributed by atoms with van der Waals surface area (Å²) < 4.78 is 0. The summed E-state index contributed by atoms with van der Waals surface area (Å²) in [6, 6.07) is -1.20. The average Bonchev–Trinajstić information content (AvgIpc) is 2.53. The highest BCUT2D eigenvalue weighted by molar-refractivity contribution is 6.08. The lowest BCUT2D eigenvalue weighted by Crippen LogP contribution is -2.51. The van der Waals surface area contributed by atoms with E-state index in [9.17, 15) is 24.9 Å². The molecule has 0 aromatic rings. The highest BCUT2D eigenvalue weighted by Crippen LogP contribution is 2.07. The lowest BCUT2D eigenvalue weighted by molar-refractivity contribution is -0.153. The van der Waals surface area contributed by atoms with Crippen molar-refractivity contribution in [2.75, 3.05) is 13.2 Å². The number of guanidine groups is 1. The predicted octanol–water partition coefficient (Wildman–Crippen LogP) is -5.06. The van der Waals surface area contributed by atoms with Crippen molar-refractivity contribution >= 4 is 17.5 Å². The van der Waals surface area contributed by atoms with Crippen LogP contribution in [0.15, 0.2) is 4.99 Å². The zero-order chi connectivity index (χ0) is 18.2. The molecule has 0 aliphatic rings. The third kappa shape index (κ3) is 6.99. The van der Waals surface area contributed by atoms with Gasteiger partial charge in [-0.05, 0) is 12.8 Å². The summed E-state index contributed by atoms with van der Waals surface area (Å²) in [4.78, 5) is 27.1. The molecule has 1 unspecified atom stereocenters. The van der Waals surface area contributed by atoms with Crippen molar-refractivity contribution in [1.29, 1.82) is 0 Å². The second kappa shape index (κ2) is 10.2. The van der Waals surface area contributed by atoms with Gasteiger partial charge in [0.15, 0.2) is 23.6 Å². The van der Waals surface area contributed by atoms with Gasteiger partial charge in [-0.15, -0.1) is 0 Å². The molecule has 0 saturated carbocycles. The Morgan fingerprint density at radius 1 is 1.04 bits per heavy atom. The van der Waals surface area contributed by atoms with E-state index in [-0.39, 0.29) is 18.9 Å². The number of aliphatic hydroxyl groups is 5. The Bertz CT molecular complexity index is 428. The molecule has 0 aliphatic heterocycles. The van der Waals surface area contributed by atoms with E-state index in [1.807, 2.05) is 0 Å². The first kappa shape index (κ1) is 21.4. The van der Waals surface area contributed by atoms with Crippen LogP contribution in [0.5, 0.6) is 0 Å². The highest BCUT2D eigenvalue weighted by atomic mass is 16.4. The third-order valence-electron chi connectivity index (χ3n) is 3.07. The molecule has 11 nitrogen and oxygen atoms in total. The number of aliphatic imine (C=N–C) groups is 1.